The molecule has 7 heteroatoms. The summed E-state index contributed by atoms with van der Waals surface area (Å²) in [6.45, 7) is 8.88. The van der Waals surface area contributed by atoms with Crippen LogP contribution in [0, 0.1) is 0 Å². The molecule has 0 amide bonds. The molecular formula is C10H24O5SSi. The first-order chi connectivity index (χ1) is 7.89. The van der Waals surface area contributed by atoms with Crippen LogP contribution in [0.3, 0.4) is 0 Å². The third-order valence-electron chi connectivity index (χ3n) is 2.29. The Morgan fingerprint density at radius 2 is 1.59 bits per heavy atom. The van der Waals surface area contributed by atoms with Crippen molar-refractivity contribution in [1.82, 2.24) is 0 Å². The average molecular weight is 284 g/mol. The molecule has 0 N–H and O–H groups in total. The first-order valence-corrected chi connectivity index (χ1v) is 10.1. The second-order valence-electron chi connectivity index (χ2n) is 3.77. The van der Waals surface area contributed by atoms with Crippen LogP contribution in [0.15, 0.2) is 0 Å². The van der Waals surface area contributed by atoms with Crippen molar-refractivity contribution in [3.05, 3.63) is 0 Å². The van der Waals surface area contributed by atoms with Gasteiger partial charge in [-0.25, -0.2) is 0 Å². The highest BCUT2D eigenvalue weighted by Gasteiger charge is 2.30. The molecule has 0 atom stereocenters. The van der Waals surface area contributed by atoms with Crippen LogP contribution in [0.4, 0.5) is 0 Å². The minimum Gasteiger partial charge on any atom is -0.395 e. The molecule has 0 aromatic rings. The Hall–Kier alpha value is 0.0469. The maximum Gasteiger partial charge on any atom is 0.334 e. The highest BCUT2D eigenvalue weighted by molar-refractivity contribution is 7.86. The normalized spacial score (nSPS) is 12.9. The Kier molecular flexibility index (Phi) is 8.22. The third kappa shape index (κ3) is 7.88. The summed E-state index contributed by atoms with van der Waals surface area (Å²) in [6.07, 6.45) is 0.641. The van der Waals surface area contributed by atoms with Gasteiger partial charge in [0.05, 0.1) is 12.4 Å². The van der Waals surface area contributed by atoms with Gasteiger partial charge in [0.1, 0.15) is 0 Å². The molecule has 0 aromatic heterocycles. The average Bonchev–Trinajstić information content (AvgIpc) is 2.25. The van der Waals surface area contributed by atoms with Crippen LogP contribution in [0.1, 0.15) is 27.2 Å². The summed E-state index contributed by atoms with van der Waals surface area (Å²) in [5, 5.41) is 0. The topological polar surface area (TPSA) is 61.8 Å². The van der Waals surface area contributed by atoms with E-state index in [-0.39, 0.29) is 12.4 Å². The SMILES string of the molecule is CCO[Si](C)(CCCOS(=O)(=O)CC)OCC. The fourth-order valence-electron chi connectivity index (χ4n) is 1.46. The lowest BCUT2D eigenvalue weighted by Crippen LogP contribution is -2.38. The maximum absolute atomic E-state index is 11.1. The Balaban J connectivity index is 3.98. The Morgan fingerprint density at radius 1 is 1.06 bits per heavy atom. The van der Waals surface area contributed by atoms with Gasteiger partial charge < -0.3 is 8.85 Å². The number of hydrogen-bond donors (Lipinski definition) is 0. The molecule has 0 spiro atoms. The predicted octanol–water partition coefficient (Wildman–Crippen LogP) is 1.89. The molecule has 0 fully saturated rings. The Morgan fingerprint density at radius 3 is 2.00 bits per heavy atom. The van der Waals surface area contributed by atoms with Crippen molar-refractivity contribution < 1.29 is 21.5 Å². The lowest BCUT2D eigenvalue weighted by atomic mass is 10.5. The van der Waals surface area contributed by atoms with E-state index in [9.17, 15) is 8.42 Å². The second-order valence-corrected chi connectivity index (χ2v) is 9.05. The van der Waals surface area contributed by atoms with Gasteiger partial charge in [-0.15, -0.1) is 0 Å². The van der Waals surface area contributed by atoms with Gasteiger partial charge >= 0.3 is 8.56 Å². The van der Waals surface area contributed by atoms with Crippen molar-refractivity contribution in [3.63, 3.8) is 0 Å². The summed E-state index contributed by atoms with van der Waals surface area (Å²) in [7, 11) is -5.46. The molecule has 0 aliphatic carbocycles. The predicted molar refractivity (Wildman–Crippen MR) is 69.7 cm³/mol. The summed E-state index contributed by atoms with van der Waals surface area (Å²) < 4.78 is 38.3. The minimum absolute atomic E-state index is 0.0125. The first-order valence-electron chi connectivity index (χ1n) is 6.04. The van der Waals surface area contributed by atoms with Gasteiger partial charge in [0.2, 0.25) is 0 Å². The minimum atomic E-state index is -3.33. The van der Waals surface area contributed by atoms with E-state index in [2.05, 4.69) is 0 Å². The van der Waals surface area contributed by atoms with Crippen LogP contribution in [0.5, 0.6) is 0 Å². The fourth-order valence-corrected chi connectivity index (χ4v) is 4.38. The van der Waals surface area contributed by atoms with Gasteiger partial charge in [-0.3, -0.25) is 4.18 Å². The van der Waals surface area contributed by atoms with Crippen molar-refractivity contribution in [2.75, 3.05) is 25.6 Å². The van der Waals surface area contributed by atoms with Crippen LogP contribution in [0.25, 0.3) is 0 Å². The fraction of sp³-hybridized carbons (Fsp3) is 1.00. The molecule has 0 radical (unpaired) electrons. The molecular weight excluding hydrogens is 260 g/mol. The van der Waals surface area contributed by atoms with E-state index in [0.717, 1.165) is 6.04 Å². The summed E-state index contributed by atoms with van der Waals surface area (Å²) >= 11 is 0. The van der Waals surface area contributed by atoms with E-state index < -0.39 is 18.7 Å². The largest absolute Gasteiger partial charge is 0.395 e. The Bertz CT molecular complexity index is 285. The summed E-state index contributed by atoms with van der Waals surface area (Å²) in [5.74, 6) is 0.0125. The lowest BCUT2D eigenvalue weighted by molar-refractivity contribution is 0.185. The van der Waals surface area contributed by atoms with Crippen molar-refractivity contribution in [3.8, 4) is 0 Å². The molecule has 0 aliphatic heterocycles. The smallest absolute Gasteiger partial charge is 0.334 e. The van der Waals surface area contributed by atoms with Crippen LogP contribution < -0.4 is 0 Å². The van der Waals surface area contributed by atoms with E-state index in [4.69, 9.17) is 13.0 Å². The highest BCUT2D eigenvalue weighted by atomic mass is 32.2. The standard InChI is InChI=1S/C10H24O5SSi/c1-5-14-17(4,15-6-2)10-8-9-13-16(11,12)7-3/h5-10H2,1-4H3. The molecule has 0 bridgehead atoms. The molecule has 0 unspecified atom stereocenters. The van der Waals surface area contributed by atoms with Gasteiger partial charge in [0.15, 0.2) is 0 Å². The first kappa shape index (κ1) is 17.0. The van der Waals surface area contributed by atoms with Crippen LogP contribution in [0.2, 0.25) is 12.6 Å². The van der Waals surface area contributed by atoms with Crippen LogP contribution in [-0.2, 0) is 23.2 Å². The molecule has 17 heavy (non-hydrogen) atoms. The van der Waals surface area contributed by atoms with E-state index in [1.165, 1.54) is 0 Å². The number of rotatable bonds is 10. The molecule has 104 valence electrons. The zero-order valence-corrected chi connectivity index (χ0v) is 13.0. The van der Waals surface area contributed by atoms with Gasteiger partial charge in [0.25, 0.3) is 10.1 Å². The molecule has 5 nitrogen and oxygen atoms in total. The molecule has 0 rings (SSSR count). The number of hydrogen-bond acceptors (Lipinski definition) is 5. The van der Waals surface area contributed by atoms with E-state index in [1.807, 2.05) is 20.4 Å². The van der Waals surface area contributed by atoms with Crippen molar-refractivity contribution >= 4 is 18.7 Å². The summed E-state index contributed by atoms with van der Waals surface area (Å²) in [5.41, 5.74) is 0. The molecule has 0 heterocycles. The van der Waals surface area contributed by atoms with Gasteiger partial charge in [-0.05, 0) is 39.8 Å². The van der Waals surface area contributed by atoms with E-state index in [0.29, 0.717) is 19.6 Å². The van der Waals surface area contributed by atoms with Crippen LogP contribution in [-0.4, -0.2) is 42.6 Å². The van der Waals surface area contributed by atoms with Gasteiger partial charge in [-0.2, -0.15) is 8.42 Å². The summed E-state index contributed by atoms with van der Waals surface area (Å²) in [6, 6.07) is 0.744. The van der Waals surface area contributed by atoms with Crippen molar-refractivity contribution in [2.45, 2.75) is 39.8 Å². The van der Waals surface area contributed by atoms with Crippen LogP contribution >= 0.6 is 0 Å². The quantitative estimate of drug-likeness (QED) is 0.348. The van der Waals surface area contributed by atoms with Gasteiger partial charge in [-0.1, -0.05) is 0 Å². The molecule has 0 aliphatic rings. The zero-order valence-electron chi connectivity index (χ0n) is 11.2. The molecule has 0 aromatic carbocycles. The molecule has 0 saturated carbocycles. The zero-order chi connectivity index (χ0) is 13.4. The van der Waals surface area contributed by atoms with E-state index >= 15 is 0 Å². The third-order valence-corrected chi connectivity index (χ3v) is 6.58. The maximum atomic E-state index is 11.1. The van der Waals surface area contributed by atoms with Gasteiger partial charge in [0, 0.05) is 13.2 Å². The van der Waals surface area contributed by atoms with Crippen molar-refractivity contribution in [1.29, 1.82) is 0 Å². The van der Waals surface area contributed by atoms with E-state index in [1.54, 1.807) is 6.92 Å². The highest BCUT2D eigenvalue weighted by Crippen LogP contribution is 2.16. The molecule has 0 saturated heterocycles. The van der Waals surface area contributed by atoms with Crippen molar-refractivity contribution in [2.24, 2.45) is 0 Å². The summed E-state index contributed by atoms with van der Waals surface area (Å²) in [4.78, 5) is 0. The Labute approximate surface area is 106 Å². The monoisotopic (exact) mass is 284 g/mol. The lowest BCUT2D eigenvalue weighted by Gasteiger charge is -2.25. The second kappa shape index (κ2) is 8.20.